The van der Waals surface area contributed by atoms with Crippen molar-refractivity contribution in [1.82, 2.24) is 9.34 Å². The standard InChI is InChI=1S/C12H25Cl2N2O2P/c1-12(2,3)18-19(17,15-8-4-5-9-15)16(10-6-13)11-7-14/h4-11H2,1-3H3. The Bertz CT molecular complexity index is 311. The van der Waals surface area contributed by atoms with Crippen LogP contribution in [0.1, 0.15) is 33.6 Å². The Morgan fingerprint density at radius 1 is 1.16 bits per heavy atom. The predicted octanol–water partition coefficient (Wildman–Crippen LogP) is 3.79. The van der Waals surface area contributed by atoms with E-state index in [2.05, 4.69) is 0 Å². The minimum Gasteiger partial charge on any atom is -0.300 e. The molecule has 4 nitrogen and oxygen atoms in total. The highest BCUT2D eigenvalue weighted by atomic mass is 35.5. The molecular formula is C12H25Cl2N2O2P. The lowest BCUT2D eigenvalue weighted by atomic mass is 10.2. The van der Waals surface area contributed by atoms with Crippen LogP contribution in [-0.2, 0) is 9.09 Å². The summed E-state index contributed by atoms with van der Waals surface area (Å²) >= 11 is 11.7. The molecule has 0 bridgehead atoms. The van der Waals surface area contributed by atoms with E-state index in [-0.39, 0.29) is 0 Å². The van der Waals surface area contributed by atoms with E-state index in [0.717, 1.165) is 25.9 Å². The van der Waals surface area contributed by atoms with Crippen molar-refractivity contribution in [2.24, 2.45) is 0 Å². The van der Waals surface area contributed by atoms with Crippen molar-refractivity contribution in [2.45, 2.75) is 39.2 Å². The maximum Gasteiger partial charge on any atom is 0.346 e. The smallest absolute Gasteiger partial charge is 0.300 e. The summed E-state index contributed by atoms with van der Waals surface area (Å²) in [4.78, 5) is 0. The van der Waals surface area contributed by atoms with Gasteiger partial charge in [-0.25, -0.2) is 9.34 Å². The number of halogens is 2. The van der Waals surface area contributed by atoms with Gasteiger partial charge in [-0.05, 0) is 33.6 Å². The van der Waals surface area contributed by atoms with Crippen LogP contribution in [-0.4, -0.2) is 52.9 Å². The first-order chi connectivity index (χ1) is 8.83. The monoisotopic (exact) mass is 330 g/mol. The Morgan fingerprint density at radius 2 is 1.63 bits per heavy atom. The highest BCUT2D eigenvalue weighted by Crippen LogP contribution is 2.57. The van der Waals surface area contributed by atoms with Crippen molar-refractivity contribution < 1.29 is 9.09 Å². The molecule has 1 fully saturated rings. The molecule has 0 radical (unpaired) electrons. The van der Waals surface area contributed by atoms with Crippen molar-refractivity contribution in [2.75, 3.05) is 37.9 Å². The van der Waals surface area contributed by atoms with Crippen LogP contribution in [0.4, 0.5) is 0 Å². The van der Waals surface area contributed by atoms with Crippen LogP contribution in [0, 0.1) is 0 Å². The van der Waals surface area contributed by atoms with E-state index in [1.807, 2.05) is 30.1 Å². The van der Waals surface area contributed by atoms with E-state index < -0.39 is 13.3 Å². The fourth-order valence-electron chi connectivity index (χ4n) is 2.16. The van der Waals surface area contributed by atoms with E-state index in [1.165, 1.54) is 0 Å². The third-order valence-electron chi connectivity index (χ3n) is 2.88. The summed E-state index contributed by atoms with van der Waals surface area (Å²) in [6, 6.07) is 0. The van der Waals surface area contributed by atoms with Gasteiger partial charge in [-0.15, -0.1) is 23.2 Å². The lowest BCUT2D eigenvalue weighted by Crippen LogP contribution is -2.37. The van der Waals surface area contributed by atoms with Gasteiger partial charge >= 0.3 is 7.67 Å². The molecule has 7 heteroatoms. The molecule has 0 aromatic heterocycles. The fourth-order valence-corrected chi connectivity index (χ4v) is 5.60. The molecule has 114 valence electrons. The Labute approximate surface area is 126 Å². The molecule has 19 heavy (non-hydrogen) atoms. The van der Waals surface area contributed by atoms with Gasteiger partial charge in [-0.3, -0.25) is 4.57 Å². The third kappa shape index (κ3) is 5.18. The fraction of sp³-hybridized carbons (Fsp3) is 1.00. The number of alkyl halides is 2. The van der Waals surface area contributed by atoms with Crippen LogP contribution >= 0.6 is 30.9 Å². The molecule has 1 unspecified atom stereocenters. The van der Waals surface area contributed by atoms with Crippen molar-refractivity contribution >= 4 is 30.9 Å². The maximum atomic E-state index is 13.4. The van der Waals surface area contributed by atoms with Gasteiger partial charge < -0.3 is 4.52 Å². The maximum absolute atomic E-state index is 13.4. The van der Waals surface area contributed by atoms with Gasteiger partial charge in [-0.2, -0.15) is 0 Å². The Morgan fingerprint density at radius 3 is 2.00 bits per heavy atom. The zero-order valence-electron chi connectivity index (χ0n) is 12.1. The Kier molecular flexibility index (Phi) is 7.12. The van der Waals surface area contributed by atoms with E-state index in [1.54, 1.807) is 0 Å². The van der Waals surface area contributed by atoms with Gasteiger partial charge in [0.25, 0.3) is 0 Å². The van der Waals surface area contributed by atoms with Crippen LogP contribution < -0.4 is 0 Å². The largest absolute Gasteiger partial charge is 0.346 e. The van der Waals surface area contributed by atoms with Gasteiger partial charge in [0.1, 0.15) is 0 Å². The van der Waals surface area contributed by atoms with Crippen LogP contribution in [0.3, 0.4) is 0 Å². The lowest BCUT2D eigenvalue weighted by molar-refractivity contribution is 0.0970. The number of nitrogens with zero attached hydrogens (tertiary/aromatic N) is 2. The quantitative estimate of drug-likeness (QED) is 0.525. The molecule has 1 heterocycles. The summed E-state index contributed by atoms with van der Waals surface area (Å²) in [5.74, 6) is 0.838. The van der Waals surface area contributed by atoms with Crippen LogP contribution in [0.25, 0.3) is 0 Å². The van der Waals surface area contributed by atoms with E-state index in [4.69, 9.17) is 27.7 Å². The summed E-state index contributed by atoms with van der Waals surface area (Å²) in [5, 5.41) is 0. The first kappa shape index (κ1) is 17.7. The first-order valence-electron chi connectivity index (χ1n) is 6.77. The van der Waals surface area contributed by atoms with Gasteiger partial charge in [0.2, 0.25) is 0 Å². The van der Waals surface area contributed by atoms with E-state index >= 15 is 0 Å². The lowest BCUT2D eigenvalue weighted by Gasteiger charge is -2.39. The topological polar surface area (TPSA) is 32.8 Å². The zero-order valence-corrected chi connectivity index (χ0v) is 14.5. The SMILES string of the molecule is CC(C)(C)OP(=O)(N(CCCl)CCCl)N1CCCC1. The molecule has 1 saturated heterocycles. The second-order valence-corrected chi connectivity index (χ2v) is 8.74. The molecule has 0 saturated carbocycles. The summed E-state index contributed by atoms with van der Waals surface area (Å²) in [7, 11) is -3.03. The number of hydrogen-bond acceptors (Lipinski definition) is 2. The summed E-state index contributed by atoms with van der Waals surface area (Å²) in [5.41, 5.74) is -0.463. The molecule has 0 N–H and O–H groups in total. The van der Waals surface area contributed by atoms with E-state index in [0.29, 0.717) is 24.8 Å². The molecule has 1 rings (SSSR count). The van der Waals surface area contributed by atoms with Gasteiger partial charge in [0.15, 0.2) is 0 Å². The molecular weight excluding hydrogens is 306 g/mol. The van der Waals surface area contributed by atoms with Crippen molar-refractivity contribution in [3.8, 4) is 0 Å². The van der Waals surface area contributed by atoms with Crippen molar-refractivity contribution in [3.63, 3.8) is 0 Å². The normalized spacial score (nSPS) is 20.9. The van der Waals surface area contributed by atoms with Crippen molar-refractivity contribution in [3.05, 3.63) is 0 Å². The second kappa shape index (κ2) is 7.63. The van der Waals surface area contributed by atoms with Crippen LogP contribution in [0.2, 0.25) is 0 Å². The van der Waals surface area contributed by atoms with Crippen molar-refractivity contribution in [1.29, 1.82) is 0 Å². The molecule has 0 spiro atoms. The highest BCUT2D eigenvalue weighted by Gasteiger charge is 2.42. The highest BCUT2D eigenvalue weighted by molar-refractivity contribution is 7.54. The minimum atomic E-state index is -3.03. The third-order valence-corrected chi connectivity index (χ3v) is 6.23. The number of rotatable bonds is 7. The van der Waals surface area contributed by atoms with Crippen LogP contribution in [0.15, 0.2) is 0 Å². The van der Waals surface area contributed by atoms with Gasteiger partial charge in [0, 0.05) is 37.9 Å². The second-order valence-electron chi connectivity index (χ2n) is 5.69. The molecule has 1 aliphatic rings. The average molecular weight is 331 g/mol. The van der Waals surface area contributed by atoms with Gasteiger partial charge in [-0.1, -0.05) is 0 Å². The average Bonchev–Trinajstić information content (AvgIpc) is 2.80. The summed E-state index contributed by atoms with van der Waals surface area (Å²) in [6.45, 7) is 8.46. The summed E-state index contributed by atoms with van der Waals surface area (Å²) < 4.78 is 23.2. The molecule has 1 aliphatic heterocycles. The summed E-state index contributed by atoms with van der Waals surface area (Å²) in [6.07, 6.45) is 2.13. The molecule has 0 aromatic carbocycles. The molecule has 0 aliphatic carbocycles. The van der Waals surface area contributed by atoms with E-state index in [9.17, 15) is 4.57 Å². The Balaban J connectivity index is 2.97. The number of hydrogen-bond donors (Lipinski definition) is 0. The first-order valence-corrected chi connectivity index (χ1v) is 9.37. The molecule has 1 atom stereocenters. The van der Waals surface area contributed by atoms with Gasteiger partial charge in [0.05, 0.1) is 5.60 Å². The Hall–Kier alpha value is 0.690. The predicted molar refractivity (Wildman–Crippen MR) is 82.3 cm³/mol. The molecule has 0 amide bonds. The molecule has 0 aromatic rings. The zero-order chi connectivity index (χ0) is 14.5. The van der Waals surface area contributed by atoms with Crippen LogP contribution in [0.5, 0.6) is 0 Å². The minimum absolute atomic E-state index is 0.419.